The molecule has 1 aromatic carbocycles. The highest BCUT2D eigenvalue weighted by atomic mass is 28.3. The van der Waals surface area contributed by atoms with Gasteiger partial charge in [-0.2, -0.15) is 0 Å². The summed E-state index contributed by atoms with van der Waals surface area (Å²) in [6.07, 6.45) is 0.999. The maximum Gasteiger partial charge on any atom is 0.293 e. The lowest BCUT2D eigenvalue weighted by Gasteiger charge is -2.02. The van der Waals surface area contributed by atoms with Crippen LogP contribution in [0.1, 0.15) is 5.56 Å². The Labute approximate surface area is 78.5 Å². The molecule has 0 heterocycles. The number of hydrogen-bond donors (Lipinski definition) is 0. The Morgan fingerprint density at radius 1 is 1.25 bits per heavy atom. The molecule has 1 rings (SSSR count). The molecular weight excluding hydrogens is 184 g/mol. The lowest BCUT2D eigenvalue weighted by molar-refractivity contribution is 0.298. The molecule has 0 N–H and O–H groups in total. The molecule has 0 saturated carbocycles. The van der Waals surface area contributed by atoms with E-state index >= 15 is 0 Å². The molecule has 12 heavy (non-hydrogen) atoms. The zero-order chi connectivity index (χ0) is 8.65. The molecule has 0 aromatic heterocycles. The normalized spacial score (nSPS) is 11.3. The molecule has 0 aliphatic rings. The van der Waals surface area contributed by atoms with Crippen molar-refractivity contribution in [3.8, 4) is 0 Å². The van der Waals surface area contributed by atoms with Crippen LogP contribution in [0.4, 0.5) is 0 Å². The first-order valence-corrected chi connectivity index (χ1v) is 6.01. The van der Waals surface area contributed by atoms with Crippen molar-refractivity contribution in [2.24, 2.45) is 0 Å². The third-order valence-electron chi connectivity index (χ3n) is 1.58. The lowest BCUT2D eigenvalue weighted by Crippen LogP contribution is -2.05. The average molecular weight is 198 g/mol. The van der Waals surface area contributed by atoms with Gasteiger partial charge in [0.25, 0.3) is 10.0 Å². The van der Waals surface area contributed by atoms with E-state index in [1.807, 2.05) is 6.07 Å². The zero-order valence-corrected chi connectivity index (χ0v) is 10.7. The van der Waals surface area contributed by atoms with Crippen molar-refractivity contribution in [1.82, 2.24) is 0 Å². The van der Waals surface area contributed by atoms with Gasteiger partial charge in [-0.25, -0.2) is 0 Å². The van der Waals surface area contributed by atoms with Crippen LogP contribution in [-0.2, 0) is 15.0 Å². The van der Waals surface area contributed by atoms with E-state index in [2.05, 4.69) is 24.3 Å². The fraction of sp³-hybridized carbons (Fsp3) is 0.250. The van der Waals surface area contributed by atoms with Crippen molar-refractivity contribution in [3.05, 3.63) is 35.9 Å². The van der Waals surface area contributed by atoms with Gasteiger partial charge in [0.15, 0.2) is 0 Å². The summed E-state index contributed by atoms with van der Waals surface area (Å²) in [7, 11) is 0.180. The van der Waals surface area contributed by atoms with Gasteiger partial charge in [0.05, 0.1) is 0 Å². The number of rotatable bonds is 5. The van der Waals surface area contributed by atoms with E-state index in [-0.39, 0.29) is 0 Å². The van der Waals surface area contributed by atoms with Crippen LogP contribution in [-0.4, -0.2) is 27.1 Å². The monoisotopic (exact) mass is 198 g/mol. The molecule has 0 radical (unpaired) electrons. The summed E-state index contributed by atoms with van der Waals surface area (Å²) in [5.41, 5.74) is 1.33. The second-order valence-corrected chi connectivity index (χ2v) is 5.50. The molecule has 0 bridgehead atoms. The Hall–Kier alpha value is -0.426. The van der Waals surface area contributed by atoms with Crippen LogP contribution in [0.15, 0.2) is 30.3 Å². The van der Waals surface area contributed by atoms with Gasteiger partial charge >= 0.3 is 0 Å². The molecule has 1 aromatic rings. The van der Waals surface area contributed by atoms with Crippen molar-refractivity contribution >= 4 is 20.5 Å². The average Bonchev–Trinajstić information content (AvgIpc) is 2.14. The molecule has 0 aliphatic heterocycles. The molecule has 0 aliphatic carbocycles. The molecule has 0 spiro atoms. The summed E-state index contributed by atoms with van der Waals surface area (Å²) < 4.78 is 10.4. The summed E-state index contributed by atoms with van der Waals surface area (Å²) in [5, 5.41) is 0. The molecule has 0 amide bonds. The maximum absolute atomic E-state index is 5.34. The minimum Gasteiger partial charge on any atom is -0.449 e. The fourth-order valence-electron chi connectivity index (χ4n) is 0.977. The highest BCUT2D eigenvalue weighted by molar-refractivity contribution is 6.27. The minimum absolute atomic E-state index is 0.632. The molecular formula is C8H14O2Si2. The van der Waals surface area contributed by atoms with E-state index in [4.69, 9.17) is 8.54 Å². The molecule has 66 valence electrons. The molecule has 0 saturated heterocycles. The summed E-state index contributed by atoms with van der Waals surface area (Å²) in [6, 6.07) is 10.4. The van der Waals surface area contributed by atoms with Gasteiger partial charge in [-0.15, -0.1) is 0 Å². The first-order valence-electron chi connectivity index (χ1n) is 4.04. The quantitative estimate of drug-likeness (QED) is 0.471. The van der Waals surface area contributed by atoms with E-state index < -0.39 is 10.0 Å². The van der Waals surface area contributed by atoms with Crippen LogP contribution >= 0.6 is 0 Å². The van der Waals surface area contributed by atoms with Gasteiger partial charge in [-0.05, 0) is 12.0 Å². The lowest BCUT2D eigenvalue weighted by atomic mass is 10.2. The van der Waals surface area contributed by atoms with Crippen LogP contribution in [0.3, 0.4) is 0 Å². The van der Waals surface area contributed by atoms with Crippen molar-refractivity contribution < 1.29 is 8.54 Å². The SMILES string of the molecule is [SiH3]O[SiH2]OCCc1ccccc1. The predicted molar refractivity (Wildman–Crippen MR) is 55.7 cm³/mol. The van der Waals surface area contributed by atoms with Gasteiger partial charge in [-0.3, -0.25) is 0 Å². The van der Waals surface area contributed by atoms with Crippen molar-refractivity contribution in [2.45, 2.75) is 6.42 Å². The maximum atomic E-state index is 5.34. The Balaban J connectivity index is 2.16. The van der Waals surface area contributed by atoms with Crippen molar-refractivity contribution in [3.63, 3.8) is 0 Å². The standard InChI is InChI=1S/C8H14O2Si2/c11-10-12-9-7-6-8-4-2-1-3-5-8/h1-5H,6-7,12H2,11H3. The zero-order valence-electron chi connectivity index (χ0n) is 7.32. The van der Waals surface area contributed by atoms with Gasteiger partial charge in [0.2, 0.25) is 0 Å². The van der Waals surface area contributed by atoms with Crippen LogP contribution in [0.5, 0.6) is 0 Å². The first-order chi connectivity index (χ1) is 5.93. The summed E-state index contributed by atoms with van der Waals surface area (Å²) in [6.45, 7) is 0.804. The van der Waals surface area contributed by atoms with Gasteiger partial charge in [0.1, 0.15) is 10.5 Å². The van der Waals surface area contributed by atoms with Gasteiger partial charge in [0, 0.05) is 6.61 Å². The highest BCUT2D eigenvalue weighted by Crippen LogP contribution is 1.98. The highest BCUT2D eigenvalue weighted by Gasteiger charge is 1.90. The number of benzene rings is 1. The minimum atomic E-state index is -0.632. The summed E-state index contributed by atoms with van der Waals surface area (Å²) in [5.74, 6) is 0. The Kier molecular flexibility index (Phi) is 4.93. The molecule has 0 atom stereocenters. The van der Waals surface area contributed by atoms with E-state index in [1.54, 1.807) is 0 Å². The Bertz CT molecular complexity index is 203. The number of hydrogen-bond acceptors (Lipinski definition) is 2. The van der Waals surface area contributed by atoms with Crippen LogP contribution in [0.2, 0.25) is 0 Å². The topological polar surface area (TPSA) is 18.5 Å². The van der Waals surface area contributed by atoms with Crippen LogP contribution in [0, 0.1) is 0 Å². The molecule has 2 nitrogen and oxygen atoms in total. The van der Waals surface area contributed by atoms with Crippen molar-refractivity contribution in [1.29, 1.82) is 0 Å². The van der Waals surface area contributed by atoms with E-state index in [0.29, 0.717) is 0 Å². The summed E-state index contributed by atoms with van der Waals surface area (Å²) >= 11 is 0. The third-order valence-corrected chi connectivity index (χ3v) is 2.98. The molecule has 0 fully saturated rings. The molecule has 4 heteroatoms. The largest absolute Gasteiger partial charge is 0.449 e. The van der Waals surface area contributed by atoms with Crippen molar-refractivity contribution in [2.75, 3.05) is 6.61 Å². The predicted octanol–water partition coefficient (Wildman–Crippen LogP) is -0.459. The van der Waals surface area contributed by atoms with Gasteiger partial charge < -0.3 is 8.54 Å². The van der Waals surface area contributed by atoms with E-state index in [9.17, 15) is 0 Å². The third kappa shape index (κ3) is 3.82. The Morgan fingerprint density at radius 3 is 2.67 bits per heavy atom. The van der Waals surface area contributed by atoms with Gasteiger partial charge in [-0.1, -0.05) is 30.3 Å². The first kappa shape index (κ1) is 9.66. The second-order valence-electron chi connectivity index (χ2n) is 2.55. The van der Waals surface area contributed by atoms with E-state index in [1.165, 1.54) is 5.56 Å². The Morgan fingerprint density at radius 2 is 2.00 bits per heavy atom. The second kappa shape index (κ2) is 6.13. The smallest absolute Gasteiger partial charge is 0.293 e. The van der Waals surface area contributed by atoms with Crippen LogP contribution in [0.25, 0.3) is 0 Å². The molecule has 0 unspecified atom stereocenters. The summed E-state index contributed by atoms with van der Waals surface area (Å²) in [4.78, 5) is 0. The van der Waals surface area contributed by atoms with E-state index in [0.717, 1.165) is 23.5 Å². The van der Waals surface area contributed by atoms with Crippen LogP contribution < -0.4 is 0 Å². The fourth-order valence-corrected chi connectivity index (χ4v) is 1.91.